The largest absolute Gasteiger partial charge is 0.379 e. The van der Waals surface area contributed by atoms with Crippen molar-refractivity contribution in [2.24, 2.45) is 16.1 Å². The van der Waals surface area contributed by atoms with Crippen molar-refractivity contribution in [3.8, 4) is 0 Å². The average molecular weight is 313 g/mol. The number of nitrogens with one attached hydrogen (secondary N) is 2. The van der Waals surface area contributed by atoms with E-state index in [-0.39, 0.29) is 5.91 Å². The predicted octanol–water partition coefficient (Wildman–Crippen LogP) is -0.225. The van der Waals surface area contributed by atoms with Crippen molar-refractivity contribution in [3.63, 3.8) is 0 Å². The van der Waals surface area contributed by atoms with Crippen molar-refractivity contribution in [2.45, 2.75) is 27.2 Å². The molecule has 1 aliphatic rings. The molecule has 7 heteroatoms. The maximum absolute atomic E-state index is 11.9. The van der Waals surface area contributed by atoms with Crippen LogP contribution in [-0.4, -0.2) is 69.2 Å². The molecular formula is C15H31N5O2. The number of nitrogens with zero attached hydrogens (tertiary/aromatic N) is 2. The monoisotopic (exact) mass is 313 g/mol. The highest BCUT2D eigenvalue weighted by Crippen LogP contribution is 2.15. The number of aliphatic imine (C=N–C) groups is 1. The first kappa shape index (κ1) is 18.7. The third kappa shape index (κ3) is 7.09. The Kier molecular flexibility index (Phi) is 8.19. The molecule has 0 atom stereocenters. The Labute approximate surface area is 133 Å². The van der Waals surface area contributed by atoms with Crippen LogP contribution in [0.2, 0.25) is 0 Å². The summed E-state index contributed by atoms with van der Waals surface area (Å²) in [4.78, 5) is 18.5. The lowest BCUT2D eigenvalue weighted by molar-refractivity contribution is -0.128. The van der Waals surface area contributed by atoms with Gasteiger partial charge in [0.1, 0.15) is 0 Å². The fourth-order valence-electron chi connectivity index (χ4n) is 2.15. The van der Waals surface area contributed by atoms with Crippen molar-refractivity contribution in [3.05, 3.63) is 0 Å². The van der Waals surface area contributed by atoms with Crippen molar-refractivity contribution in [1.29, 1.82) is 0 Å². The summed E-state index contributed by atoms with van der Waals surface area (Å²) in [5.74, 6) is 0.401. The molecule has 0 aromatic heterocycles. The van der Waals surface area contributed by atoms with Crippen LogP contribution in [0.15, 0.2) is 4.99 Å². The Balaban J connectivity index is 2.20. The molecule has 22 heavy (non-hydrogen) atoms. The van der Waals surface area contributed by atoms with Crippen LogP contribution in [0.5, 0.6) is 0 Å². The van der Waals surface area contributed by atoms with Crippen LogP contribution >= 0.6 is 0 Å². The van der Waals surface area contributed by atoms with Gasteiger partial charge in [-0.2, -0.15) is 0 Å². The normalized spacial score (nSPS) is 17.3. The number of hydrogen-bond donors (Lipinski definition) is 3. The molecule has 0 aromatic carbocycles. The van der Waals surface area contributed by atoms with Crippen LogP contribution in [0.1, 0.15) is 27.2 Å². The Morgan fingerprint density at radius 3 is 2.64 bits per heavy atom. The first-order valence-corrected chi connectivity index (χ1v) is 8.08. The molecule has 1 rings (SSSR count). The highest BCUT2D eigenvalue weighted by atomic mass is 16.5. The van der Waals surface area contributed by atoms with Crippen molar-refractivity contribution in [2.75, 3.05) is 52.5 Å². The van der Waals surface area contributed by atoms with Crippen LogP contribution in [0.25, 0.3) is 0 Å². The summed E-state index contributed by atoms with van der Waals surface area (Å²) >= 11 is 0. The standard InChI is InChI=1S/C15H31N5O2/c1-4-17-13(21)15(2,3)12-19-14(16)18-6-5-7-20-8-10-22-11-9-20/h4-12H2,1-3H3,(H,17,21)(H3,16,18,19). The molecule has 1 aliphatic heterocycles. The number of guanidine groups is 1. The molecule has 4 N–H and O–H groups in total. The fourth-order valence-corrected chi connectivity index (χ4v) is 2.15. The van der Waals surface area contributed by atoms with Crippen molar-refractivity contribution < 1.29 is 9.53 Å². The highest BCUT2D eigenvalue weighted by Gasteiger charge is 2.26. The van der Waals surface area contributed by atoms with Gasteiger partial charge in [0, 0.05) is 26.2 Å². The second-order valence-electron chi connectivity index (χ2n) is 6.18. The van der Waals surface area contributed by atoms with E-state index in [0.29, 0.717) is 19.0 Å². The fraction of sp³-hybridized carbons (Fsp3) is 0.867. The number of hydrogen-bond acceptors (Lipinski definition) is 4. The van der Waals surface area contributed by atoms with Crippen LogP contribution in [-0.2, 0) is 9.53 Å². The molecule has 1 heterocycles. The minimum Gasteiger partial charge on any atom is -0.379 e. The molecule has 1 fully saturated rings. The van der Waals surface area contributed by atoms with E-state index in [4.69, 9.17) is 10.5 Å². The lowest BCUT2D eigenvalue weighted by atomic mass is 9.92. The Morgan fingerprint density at radius 2 is 2.00 bits per heavy atom. The summed E-state index contributed by atoms with van der Waals surface area (Å²) in [6.07, 6.45) is 1.01. The molecule has 0 spiro atoms. The Bertz CT molecular complexity index is 365. The number of amides is 1. The van der Waals surface area contributed by atoms with Gasteiger partial charge in [-0.05, 0) is 33.7 Å². The molecule has 7 nitrogen and oxygen atoms in total. The number of morpholine rings is 1. The van der Waals surface area contributed by atoms with E-state index in [1.54, 1.807) is 0 Å². The first-order chi connectivity index (χ1) is 10.5. The molecule has 0 saturated carbocycles. The van der Waals surface area contributed by atoms with Gasteiger partial charge in [0.25, 0.3) is 0 Å². The molecule has 0 aromatic rings. The van der Waals surface area contributed by atoms with Gasteiger partial charge >= 0.3 is 0 Å². The number of rotatable bonds is 8. The summed E-state index contributed by atoms with van der Waals surface area (Å²) in [6.45, 7) is 12.1. The molecule has 0 bridgehead atoms. The van der Waals surface area contributed by atoms with Gasteiger partial charge in [-0.15, -0.1) is 0 Å². The van der Waals surface area contributed by atoms with Crippen LogP contribution in [0, 0.1) is 5.41 Å². The van der Waals surface area contributed by atoms with E-state index < -0.39 is 5.41 Å². The summed E-state index contributed by atoms with van der Waals surface area (Å²) in [7, 11) is 0. The zero-order valence-electron chi connectivity index (χ0n) is 14.2. The minimum absolute atomic E-state index is 0.00105. The van der Waals surface area contributed by atoms with Gasteiger partial charge in [0.05, 0.1) is 25.2 Å². The number of nitrogens with two attached hydrogens (primary N) is 1. The zero-order valence-corrected chi connectivity index (χ0v) is 14.2. The summed E-state index contributed by atoms with van der Waals surface area (Å²) in [5.41, 5.74) is 5.30. The molecule has 0 aliphatic carbocycles. The Morgan fingerprint density at radius 1 is 1.32 bits per heavy atom. The van der Waals surface area contributed by atoms with Crippen molar-refractivity contribution in [1.82, 2.24) is 15.5 Å². The highest BCUT2D eigenvalue weighted by molar-refractivity contribution is 5.83. The summed E-state index contributed by atoms with van der Waals surface area (Å²) in [6, 6.07) is 0. The maximum Gasteiger partial charge on any atom is 0.227 e. The lowest BCUT2D eigenvalue weighted by Gasteiger charge is -2.26. The van der Waals surface area contributed by atoms with Gasteiger partial charge < -0.3 is 21.1 Å². The van der Waals surface area contributed by atoms with Crippen LogP contribution in [0.4, 0.5) is 0 Å². The SMILES string of the molecule is CCNC(=O)C(C)(C)CN=C(N)NCCCN1CCOCC1. The van der Waals surface area contributed by atoms with Crippen molar-refractivity contribution >= 4 is 11.9 Å². The quantitative estimate of drug-likeness (QED) is 0.327. The lowest BCUT2D eigenvalue weighted by Crippen LogP contribution is -2.41. The molecule has 0 radical (unpaired) electrons. The van der Waals surface area contributed by atoms with Crippen LogP contribution < -0.4 is 16.4 Å². The summed E-state index contributed by atoms with van der Waals surface area (Å²) < 4.78 is 5.32. The van der Waals surface area contributed by atoms with E-state index >= 15 is 0 Å². The van der Waals surface area contributed by atoms with E-state index in [1.165, 1.54) is 0 Å². The van der Waals surface area contributed by atoms with Gasteiger partial charge in [-0.3, -0.25) is 14.7 Å². The van der Waals surface area contributed by atoms with Gasteiger partial charge in [0.15, 0.2) is 5.96 Å². The second-order valence-corrected chi connectivity index (χ2v) is 6.18. The van der Waals surface area contributed by atoms with Gasteiger partial charge in [-0.25, -0.2) is 0 Å². The zero-order chi connectivity index (χ0) is 16.4. The third-order valence-corrected chi connectivity index (χ3v) is 3.66. The van der Waals surface area contributed by atoms with Gasteiger partial charge in [0.2, 0.25) is 5.91 Å². The number of ether oxygens (including phenoxy) is 1. The average Bonchev–Trinajstić information content (AvgIpc) is 2.51. The smallest absolute Gasteiger partial charge is 0.227 e. The number of carbonyl (C=O) groups excluding carboxylic acids is 1. The summed E-state index contributed by atoms with van der Waals surface area (Å²) in [5, 5.41) is 5.92. The van der Waals surface area contributed by atoms with Gasteiger partial charge in [-0.1, -0.05) is 0 Å². The maximum atomic E-state index is 11.9. The Hall–Kier alpha value is -1.34. The van der Waals surface area contributed by atoms with E-state index in [1.807, 2.05) is 20.8 Å². The predicted molar refractivity (Wildman–Crippen MR) is 88.8 cm³/mol. The van der Waals surface area contributed by atoms with E-state index in [9.17, 15) is 4.79 Å². The minimum atomic E-state index is -0.546. The molecule has 1 amide bonds. The third-order valence-electron chi connectivity index (χ3n) is 3.66. The first-order valence-electron chi connectivity index (χ1n) is 8.08. The topological polar surface area (TPSA) is 92.0 Å². The van der Waals surface area contributed by atoms with E-state index in [2.05, 4.69) is 20.5 Å². The van der Waals surface area contributed by atoms with E-state index in [0.717, 1.165) is 45.8 Å². The molecule has 0 unspecified atom stereocenters. The number of carbonyl (C=O) groups is 1. The molecule has 1 saturated heterocycles. The molecule has 128 valence electrons. The second kappa shape index (κ2) is 9.63. The molecular weight excluding hydrogens is 282 g/mol. The van der Waals surface area contributed by atoms with Crippen LogP contribution in [0.3, 0.4) is 0 Å².